The minimum atomic E-state index is -0.171. The molecule has 0 unspecified atom stereocenters. The van der Waals surface area contributed by atoms with Gasteiger partial charge in [0.1, 0.15) is 0 Å². The molecule has 72 valence electrons. The van der Waals surface area contributed by atoms with E-state index < -0.39 is 0 Å². The number of thioether (sulfide) groups is 1. The standard InChI is InChI=1S/C8H6BrN3OS/c1-14-8-11-2-4-6(12-8)5(9)3-10-7(4)13/h2-3H,1H3,(H,10,13). The molecule has 0 radical (unpaired) electrons. The van der Waals surface area contributed by atoms with Gasteiger partial charge in [-0.2, -0.15) is 0 Å². The molecule has 2 aromatic rings. The van der Waals surface area contributed by atoms with E-state index in [2.05, 4.69) is 30.9 Å². The first-order valence-corrected chi connectivity index (χ1v) is 5.82. The topological polar surface area (TPSA) is 58.6 Å². The minimum Gasteiger partial charge on any atom is -0.327 e. The predicted molar refractivity (Wildman–Crippen MR) is 59.6 cm³/mol. The van der Waals surface area contributed by atoms with Gasteiger partial charge in [-0.1, -0.05) is 11.8 Å². The van der Waals surface area contributed by atoms with Gasteiger partial charge in [-0.3, -0.25) is 4.79 Å². The van der Waals surface area contributed by atoms with Crippen molar-refractivity contribution in [3.63, 3.8) is 0 Å². The number of nitrogens with one attached hydrogen (secondary N) is 1. The lowest BCUT2D eigenvalue weighted by Crippen LogP contribution is -2.07. The molecule has 0 aromatic carbocycles. The van der Waals surface area contributed by atoms with E-state index >= 15 is 0 Å². The van der Waals surface area contributed by atoms with Gasteiger partial charge >= 0.3 is 0 Å². The van der Waals surface area contributed by atoms with Crippen LogP contribution in [-0.2, 0) is 0 Å². The van der Waals surface area contributed by atoms with E-state index in [4.69, 9.17) is 0 Å². The van der Waals surface area contributed by atoms with Crippen molar-refractivity contribution in [1.82, 2.24) is 15.0 Å². The average molecular weight is 272 g/mol. The molecule has 2 heterocycles. The highest BCUT2D eigenvalue weighted by Crippen LogP contribution is 2.19. The molecule has 0 atom stereocenters. The average Bonchev–Trinajstić information content (AvgIpc) is 2.23. The van der Waals surface area contributed by atoms with Gasteiger partial charge in [0.25, 0.3) is 5.56 Å². The SMILES string of the molecule is CSc1ncc2c(=O)[nH]cc(Br)c2n1. The molecule has 2 aromatic heterocycles. The third kappa shape index (κ3) is 1.55. The molecule has 0 saturated heterocycles. The van der Waals surface area contributed by atoms with E-state index in [1.165, 1.54) is 18.0 Å². The van der Waals surface area contributed by atoms with E-state index in [0.717, 1.165) is 4.47 Å². The molecule has 0 saturated carbocycles. The van der Waals surface area contributed by atoms with E-state index in [1.54, 1.807) is 6.20 Å². The molecule has 0 fully saturated rings. The van der Waals surface area contributed by atoms with Crippen LogP contribution in [0.15, 0.2) is 26.8 Å². The van der Waals surface area contributed by atoms with Gasteiger partial charge in [0.2, 0.25) is 0 Å². The van der Waals surface area contributed by atoms with Crippen molar-refractivity contribution in [3.8, 4) is 0 Å². The maximum Gasteiger partial charge on any atom is 0.259 e. The van der Waals surface area contributed by atoms with E-state index in [1.807, 2.05) is 6.26 Å². The molecule has 0 aliphatic rings. The summed E-state index contributed by atoms with van der Waals surface area (Å²) >= 11 is 4.77. The summed E-state index contributed by atoms with van der Waals surface area (Å²) in [6.07, 6.45) is 5.02. The summed E-state index contributed by atoms with van der Waals surface area (Å²) in [7, 11) is 0. The van der Waals surface area contributed by atoms with Gasteiger partial charge in [0, 0.05) is 12.4 Å². The van der Waals surface area contributed by atoms with Crippen molar-refractivity contribution >= 4 is 38.6 Å². The third-order valence-electron chi connectivity index (χ3n) is 1.75. The number of rotatable bonds is 1. The number of nitrogens with zero attached hydrogens (tertiary/aromatic N) is 2. The number of pyridine rings is 1. The summed E-state index contributed by atoms with van der Waals surface area (Å²) in [5, 5.41) is 1.15. The van der Waals surface area contributed by atoms with Crippen molar-refractivity contribution in [2.45, 2.75) is 5.16 Å². The Morgan fingerprint density at radius 1 is 1.57 bits per heavy atom. The fourth-order valence-electron chi connectivity index (χ4n) is 1.09. The van der Waals surface area contributed by atoms with E-state index in [9.17, 15) is 4.79 Å². The second kappa shape index (κ2) is 3.70. The summed E-state index contributed by atoms with van der Waals surface area (Å²) in [6.45, 7) is 0. The first-order chi connectivity index (χ1) is 6.72. The highest BCUT2D eigenvalue weighted by Gasteiger charge is 2.05. The molecule has 2 rings (SSSR count). The van der Waals surface area contributed by atoms with Gasteiger partial charge in [0.15, 0.2) is 5.16 Å². The second-order valence-corrected chi connectivity index (χ2v) is 4.21. The quantitative estimate of drug-likeness (QED) is 0.635. The Balaban J connectivity index is 2.87. The second-order valence-electron chi connectivity index (χ2n) is 2.58. The molecule has 0 amide bonds. The Hall–Kier alpha value is -0.880. The fraction of sp³-hybridized carbons (Fsp3) is 0.125. The molecule has 4 nitrogen and oxygen atoms in total. The number of hydrogen-bond donors (Lipinski definition) is 1. The highest BCUT2D eigenvalue weighted by atomic mass is 79.9. The van der Waals surface area contributed by atoms with Crippen LogP contribution < -0.4 is 5.56 Å². The minimum absolute atomic E-state index is 0.171. The molecule has 0 aliphatic heterocycles. The van der Waals surface area contributed by atoms with Crippen LogP contribution in [0.2, 0.25) is 0 Å². The largest absolute Gasteiger partial charge is 0.327 e. The predicted octanol–water partition coefficient (Wildman–Crippen LogP) is 1.80. The van der Waals surface area contributed by atoms with Crippen LogP contribution in [-0.4, -0.2) is 21.2 Å². The zero-order valence-electron chi connectivity index (χ0n) is 7.24. The van der Waals surface area contributed by atoms with Crippen LogP contribution in [0.5, 0.6) is 0 Å². The van der Waals surface area contributed by atoms with Crippen LogP contribution in [0.1, 0.15) is 0 Å². The van der Waals surface area contributed by atoms with Crippen LogP contribution in [0.25, 0.3) is 10.9 Å². The maximum absolute atomic E-state index is 11.4. The molecule has 6 heteroatoms. The summed E-state index contributed by atoms with van der Waals surface area (Å²) in [6, 6.07) is 0. The van der Waals surface area contributed by atoms with Gasteiger partial charge in [-0.15, -0.1) is 0 Å². The number of hydrogen-bond acceptors (Lipinski definition) is 4. The fourth-order valence-corrected chi connectivity index (χ4v) is 1.84. The lowest BCUT2D eigenvalue weighted by molar-refractivity contribution is 0.999. The monoisotopic (exact) mass is 271 g/mol. The maximum atomic E-state index is 11.4. The normalized spacial score (nSPS) is 10.7. The van der Waals surface area contributed by atoms with Crippen LogP contribution in [0, 0.1) is 0 Å². The van der Waals surface area contributed by atoms with Gasteiger partial charge in [-0.05, 0) is 22.2 Å². The number of fused-ring (bicyclic) bond motifs is 1. The van der Waals surface area contributed by atoms with Crippen molar-refractivity contribution in [2.24, 2.45) is 0 Å². The Morgan fingerprint density at radius 3 is 3.07 bits per heavy atom. The molecular weight excluding hydrogens is 266 g/mol. The van der Waals surface area contributed by atoms with Crippen molar-refractivity contribution < 1.29 is 0 Å². The van der Waals surface area contributed by atoms with Gasteiger partial charge in [-0.25, -0.2) is 9.97 Å². The van der Waals surface area contributed by atoms with Gasteiger partial charge in [0.05, 0.1) is 15.4 Å². The van der Waals surface area contributed by atoms with Crippen molar-refractivity contribution in [2.75, 3.05) is 6.26 Å². The number of aromatic nitrogens is 3. The molecule has 0 aliphatic carbocycles. The Labute approximate surface area is 92.3 Å². The van der Waals surface area contributed by atoms with Crippen molar-refractivity contribution in [3.05, 3.63) is 27.2 Å². The summed E-state index contributed by atoms with van der Waals surface area (Å²) in [5.41, 5.74) is 0.476. The highest BCUT2D eigenvalue weighted by molar-refractivity contribution is 9.10. The van der Waals surface area contributed by atoms with Gasteiger partial charge < -0.3 is 4.98 Å². The lowest BCUT2D eigenvalue weighted by atomic mass is 10.3. The van der Waals surface area contributed by atoms with Crippen molar-refractivity contribution in [1.29, 1.82) is 0 Å². The molecule has 14 heavy (non-hydrogen) atoms. The Bertz CT molecular complexity index is 540. The first kappa shape index (κ1) is 9.67. The summed E-state index contributed by atoms with van der Waals surface area (Å²) in [5.74, 6) is 0. The van der Waals surface area contributed by atoms with E-state index in [-0.39, 0.29) is 5.56 Å². The number of H-pyrrole nitrogens is 1. The number of aromatic amines is 1. The molecular formula is C8H6BrN3OS. The first-order valence-electron chi connectivity index (χ1n) is 3.80. The van der Waals surface area contributed by atoms with Crippen LogP contribution in [0.3, 0.4) is 0 Å². The molecule has 1 N–H and O–H groups in total. The van der Waals surface area contributed by atoms with E-state index in [0.29, 0.717) is 16.1 Å². The zero-order chi connectivity index (χ0) is 10.1. The molecule has 0 spiro atoms. The summed E-state index contributed by atoms with van der Waals surface area (Å²) < 4.78 is 0.768. The lowest BCUT2D eigenvalue weighted by Gasteiger charge is -1.99. The van der Waals surface area contributed by atoms with Crippen LogP contribution in [0.4, 0.5) is 0 Å². The smallest absolute Gasteiger partial charge is 0.259 e. The summed E-state index contributed by atoms with van der Waals surface area (Å²) in [4.78, 5) is 22.2. The Kier molecular flexibility index (Phi) is 2.56. The zero-order valence-corrected chi connectivity index (χ0v) is 9.65. The third-order valence-corrected chi connectivity index (χ3v) is 2.92. The molecule has 0 bridgehead atoms. The van der Waals surface area contributed by atoms with Crippen LogP contribution >= 0.6 is 27.7 Å². The Morgan fingerprint density at radius 2 is 2.36 bits per heavy atom. The number of halogens is 1.